The molecule has 0 bridgehead atoms. The second kappa shape index (κ2) is 2.90. The van der Waals surface area contributed by atoms with Crippen LogP contribution in [0, 0.1) is 0 Å². The van der Waals surface area contributed by atoms with E-state index in [9.17, 15) is 0 Å². The molecular weight excluding hydrogens is 160 g/mol. The van der Waals surface area contributed by atoms with Gasteiger partial charge in [0, 0.05) is 0 Å². The van der Waals surface area contributed by atoms with Crippen LogP contribution >= 0.6 is 0 Å². The molecule has 0 aliphatic heterocycles. The van der Waals surface area contributed by atoms with Crippen molar-refractivity contribution in [2.45, 2.75) is 18.6 Å². The smallest absolute Gasteiger partial charge is 0.0618 e. The van der Waals surface area contributed by atoms with Gasteiger partial charge in [-0.3, -0.25) is 0 Å². The van der Waals surface area contributed by atoms with Crippen LogP contribution in [0.3, 0.4) is 0 Å². The topological polar surface area (TPSA) is 0 Å². The maximum atomic E-state index is 2.38. The highest BCUT2D eigenvalue weighted by Crippen LogP contribution is 2.31. The fourth-order valence-corrected chi connectivity index (χ4v) is 3.12. The molecule has 0 aromatic heterocycles. The molecule has 1 aliphatic rings. The molecule has 1 heteroatoms. The number of rotatable bonds is 1. The highest BCUT2D eigenvalue weighted by atomic mass is 28.3. The lowest BCUT2D eigenvalue weighted by molar-refractivity contribution is 1.20. The Morgan fingerprint density at radius 3 is 2.67 bits per heavy atom. The van der Waals surface area contributed by atoms with Gasteiger partial charge in [0.05, 0.1) is 13.1 Å². The first kappa shape index (κ1) is 7.81. The summed E-state index contributed by atoms with van der Waals surface area (Å²) >= 11 is 0. The van der Waals surface area contributed by atoms with Gasteiger partial charge in [-0.15, -0.1) is 0 Å². The predicted molar refractivity (Wildman–Crippen MR) is 55.7 cm³/mol. The molecule has 0 amide bonds. The van der Waals surface area contributed by atoms with Gasteiger partial charge in [0.25, 0.3) is 0 Å². The highest BCUT2D eigenvalue weighted by molar-refractivity contribution is 6.58. The number of hydrogen-bond acceptors (Lipinski definition) is 0. The lowest BCUT2D eigenvalue weighted by Gasteiger charge is -2.02. The second-order valence-electron chi connectivity index (χ2n) is 3.54. The Morgan fingerprint density at radius 1 is 1.17 bits per heavy atom. The van der Waals surface area contributed by atoms with Crippen molar-refractivity contribution in [3.05, 3.63) is 41.5 Å². The lowest BCUT2D eigenvalue weighted by Crippen LogP contribution is -2.11. The van der Waals surface area contributed by atoms with E-state index in [1.54, 1.807) is 0 Å². The van der Waals surface area contributed by atoms with Crippen molar-refractivity contribution in [2.75, 3.05) is 0 Å². The Hall–Kier alpha value is -0.823. The van der Waals surface area contributed by atoms with Gasteiger partial charge in [-0.05, 0) is 17.2 Å². The van der Waals surface area contributed by atoms with Crippen molar-refractivity contribution in [3.63, 3.8) is 0 Å². The van der Waals surface area contributed by atoms with Crippen LogP contribution in [0.4, 0.5) is 0 Å². The normalized spacial score (nSPS) is 19.3. The standard InChI is InChI=1S/C11H13Si/c1-12(2)11-8-7-9-5-3-4-6-10(9)11/h3-8,11H,1-2H3/q+1. The Morgan fingerprint density at radius 2 is 1.92 bits per heavy atom. The summed E-state index contributed by atoms with van der Waals surface area (Å²) < 4.78 is 0. The molecule has 1 unspecified atom stereocenters. The van der Waals surface area contributed by atoms with Gasteiger partial charge in [0.1, 0.15) is 5.54 Å². The molecule has 0 saturated heterocycles. The quantitative estimate of drug-likeness (QED) is 0.572. The maximum Gasteiger partial charge on any atom is 0.320 e. The Balaban J connectivity index is 2.42. The summed E-state index contributed by atoms with van der Waals surface area (Å²) in [6.07, 6.45) is 4.62. The summed E-state index contributed by atoms with van der Waals surface area (Å²) in [7, 11) is -0.211. The van der Waals surface area contributed by atoms with E-state index in [4.69, 9.17) is 0 Å². The van der Waals surface area contributed by atoms with E-state index in [1.807, 2.05) is 0 Å². The van der Waals surface area contributed by atoms with E-state index in [1.165, 1.54) is 11.1 Å². The Kier molecular flexibility index (Phi) is 1.89. The van der Waals surface area contributed by atoms with Gasteiger partial charge >= 0.3 is 8.80 Å². The molecule has 12 heavy (non-hydrogen) atoms. The molecule has 60 valence electrons. The molecule has 0 spiro atoms. The molecule has 0 saturated carbocycles. The molecule has 2 rings (SSSR count). The van der Waals surface area contributed by atoms with Crippen molar-refractivity contribution in [1.82, 2.24) is 0 Å². The summed E-state index contributed by atoms with van der Waals surface area (Å²) in [5.41, 5.74) is 3.70. The van der Waals surface area contributed by atoms with Gasteiger partial charge in [0.15, 0.2) is 0 Å². The first-order valence-corrected chi connectivity index (χ1v) is 6.94. The van der Waals surface area contributed by atoms with Crippen molar-refractivity contribution in [3.8, 4) is 0 Å². The van der Waals surface area contributed by atoms with E-state index in [0.717, 1.165) is 5.54 Å². The number of benzene rings is 1. The molecule has 1 aromatic rings. The van der Waals surface area contributed by atoms with Crippen molar-refractivity contribution >= 4 is 14.9 Å². The van der Waals surface area contributed by atoms with Gasteiger partial charge in [-0.2, -0.15) is 0 Å². The van der Waals surface area contributed by atoms with Crippen LogP contribution in [-0.2, 0) is 0 Å². The van der Waals surface area contributed by atoms with Crippen molar-refractivity contribution < 1.29 is 0 Å². The Bertz CT molecular complexity index is 313. The molecule has 0 heterocycles. The molecule has 0 radical (unpaired) electrons. The van der Waals surface area contributed by atoms with Gasteiger partial charge in [-0.1, -0.05) is 30.3 Å². The predicted octanol–water partition coefficient (Wildman–Crippen LogP) is 3.09. The third-order valence-electron chi connectivity index (χ3n) is 2.42. The second-order valence-corrected chi connectivity index (χ2v) is 6.32. The van der Waals surface area contributed by atoms with Crippen LogP contribution in [0.25, 0.3) is 6.08 Å². The van der Waals surface area contributed by atoms with Crippen LogP contribution < -0.4 is 0 Å². The minimum Gasteiger partial charge on any atom is -0.0618 e. The lowest BCUT2D eigenvalue weighted by atomic mass is 10.1. The number of allylic oxidation sites excluding steroid dienone is 1. The van der Waals surface area contributed by atoms with E-state index >= 15 is 0 Å². The van der Waals surface area contributed by atoms with Gasteiger partial charge in [-0.25, -0.2) is 0 Å². The molecule has 1 aromatic carbocycles. The minimum atomic E-state index is -0.211. The van der Waals surface area contributed by atoms with E-state index < -0.39 is 0 Å². The summed E-state index contributed by atoms with van der Waals surface area (Å²) in [5, 5.41) is 0. The minimum absolute atomic E-state index is 0.211. The fraction of sp³-hybridized carbons (Fsp3) is 0.273. The number of hydrogen-bond donors (Lipinski definition) is 0. The zero-order chi connectivity index (χ0) is 8.55. The van der Waals surface area contributed by atoms with E-state index in [0.29, 0.717) is 0 Å². The highest BCUT2D eigenvalue weighted by Gasteiger charge is 2.30. The maximum absolute atomic E-state index is 2.38. The van der Waals surface area contributed by atoms with Crippen LogP contribution in [0.1, 0.15) is 16.7 Å². The summed E-state index contributed by atoms with van der Waals surface area (Å²) in [4.78, 5) is 0. The summed E-state index contributed by atoms with van der Waals surface area (Å²) in [5.74, 6) is 0. The third kappa shape index (κ3) is 1.14. The fourth-order valence-electron chi connectivity index (χ4n) is 1.75. The third-order valence-corrected chi connectivity index (χ3v) is 4.17. The SMILES string of the molecule is C[Si+](C)C1C=Cc2ccccc21. The van der Waals surface area contributed by atoms with Gasteiger partial charge < -0.3 is 0 Å². The summed E-state index contributed by atoms with van der Waals surface area (Å²) in [6.45, 7) is 4.75. The average Bonchev–Trinajstić information content (AvgIpc) is 2.47. The van der Waals surface area contributed by atoms with Crippen LogP contribution in [0.5, 0.6) is 0 Å². The van der Waals surface area contributed by atoms with E-state index in [2.05, 4.69) is 49.5 Å². The number of fused-ring (bicyclic) bond motifs is 1. The zero-order valence-corrected chi connectivity index (χ0v) is 8.54. The zero-order valence-electron chi connectivity index (χ0n) is 7.54. The molecule has 1 atom stereocenters. The summed E-state index contributed by atoms with van der Waals surface area (Å²) in [6, 6.07) is 8.72. The molecular formula is C11H13Si+. The monoisotopic (exact) mass is 173 g/mol. The van der Waals surface area contributed by atoms with E-state index in [-0.39, 0.29) is 8.80 Å². The first-order valence-electron chi connectivity index (χ1n) is 4.36. The van der Waals surface area contributed by atoms with Crippen LogP contribution in [-0.4, -0.2) is 8.80 Å². The molecule has 0 fully saturated rings. The Labute approximate surface area is 75.5 Å². The average molecular weight is 173 g/mol. The van der Waals surface area contributed by atoms with Gasteiger partial charge in [0.2, 0.25) is 0 Å². The molecule has 0 nitrogen and oxygen atoms in total. The molecule has 1 aliphatic carbocycles. The molecule has 0 N–H and O–H groups in total. The van der Waals surface area contributed by atoms with Crippen LogP contribution in [0.15, 0.2) is 30.3 Å². The van der Waals surface area contributed by atoms with Crippen molar-refractivity contribution in [2.24, 2.45) is 0 Å². The first-order chi connectivity index (χ1) is 5.79. The van der Waals surface area contributed by atoms with Crippen molar-refractivity contribution in [1.29, 1.82) is 0 Å². The largest absolute Gasteiger partial charge is 0.320 e. The van der Waals surface area contributed by atoms with Crippen LogP contribution in [0.2, 0.25) is 13.1 Å².